The van der Waals surface area contributed by atoms with Crippen LogP contribution < -0.4 is 5.90 Å². The number of carbonyl (C=O) groups excluding carboxylic acids is 1. The van der Waals surface area contributed by atoms with E-state index in [0.29, 0.717) is 0 Å². The molecule has 0 aromatic heterocycles. The van der Waals surface area contributed by atoms with Gasteiger partial charge in [0.05, 0.1) is 12.0 Å². The summed E-state index contributed by atoms with van der Waals surface area (Å²) in [4.78, 5) is 17.0. The molecule has 0 unspecified atom stereocenters. The maximum atomic E-state index is 11.8. The van der Waals surface area contributed by atoms with Crippen molar-refractivity contribution in [3.8, 4) is 0 Å². The Bertz CT molecular complexity index is 250. The summed E-state index contributed by atoms with van der Waals surface area (Å²) in [5.41, 5.74) is -0.948. The molecule has 0 aromatic carbocycles. The largest absolute Gasteiger partial charge is 0.460 e. The lowest BCUT2D eigenvalue weighted by Gasteiger charge is -2.30. The van der Waals surface area contributed by atoms with Crippen LogP contribution in [0.4, 0.5) is 0 Å². The summed E-state index contributed by atoms with van der Waals surface area (Å²) in [6.07, 6.45) is 6.49. The molecular weight excluding hydrogens is 218 g/mol. The van der Waals surface area contributed by atoms with Crippen molar-refractivity contribution in [2.24, 2.45) is 5.90 Å². The van der Waals surface area contributed by atoms with E-state index in [9.17, 15) is 4.79 Å². The van der Waals surface area contributed by atoms with Gasteiger partial charge in [-0.3, -0.25) is 9.63 Å². The van der Waals surface area contributed by atoms with Crippen LogP contribution in [0.15, 0.2) is 0 Å². The van der Waals surface area contributed by atoms with Crippen molar-refractivity contribution in [3.05, 3.63) is 0 Å². The van der Waals surface area contributed by atoms with Crippen LogP contribution in [-0.2, 0) is 14.4 Å². The summed E-state index contributed by atoms with van der Waals surface area (Å²) < 4.78 is 5.33. The molecule has 1 aliphatic carbocycles. The monoisotopic (exact) mass is 243 g/mol. The second-order valence-corrected chi connectivity index (χ2v) is 5.98. The molecule has 17 heavy (non-hydrogen) atoms. The minimum atomic E-state index is -0.501. The van der Waals surface area contributed by atoms with E-state index in [1.54, 1.807) is 0 Å². The summed E-state index contributed by atoms with van der Waals surface area (Å²) in [5, 5.41) is 0. The van der Waals surface area contributed by atoms with Crippen molar-refractivity contribution >= 4 is 5.97 Å². The van der Waals surface area contributed by atoms with Gasteiger partial charge in [0, 0.05) is 0 Å². The highest BCUT2D eigenvalue weighted by Gasteiger charge is 2.35. The van der Waals surface area contributed by atoms with Crippen LogP contribution in [0.25, 0.3) is 0 Å². The maximum Gasteiger partial charge on any atom is 0.309 e. The smallest absolute Gasteiger partial charge is 0.309 e. The Morgan fingerprint density at radius 3 is 2.12 bits per heavy atom. The van der Waals surface area contributed by atoms with Crippen LogP contribution in [0.3, 0.4) is 0 Å². The summed E-state index contributed by atoms with van der Waals surface area (Å²) in [5.74, 6) is 5.19. The van der Waals surface area contributed by atoms with E-state index in [1.807, 2.05) is 20.8 Å². The molecule has 1 aliphatic rings. The van der Waals surface area contributed by atoms with Crippen LogP contribution in [-0.4, -0.2) is 17.2 Å². The van der Waals surface area contributed by atoms with Gasteiger partial charge in [0.15, 0.2) is 0 Å². The second-order valence-electron chi connectivity index (χ2n) is 5.98. The summed E-state index contributed by atoms with van der Waals surface area (Å²) >= 11 is 0. The van der Waals surface area contributed by atoms with Gasteiger partial charge in [-0.25, -0.2) is 5.90 Å². The molecule has 4 nitrogen and oxygen atoms in total. The van der Waals surface area contributed by atoms with Gasteiger partial charge in [-0.15, -0.1) is 0 Å². The van der Waals surface area contributed by atoms with E-state index in [2.05, 4.69) is 0 Å². The lowest BCUT2D eigenvalue weighted by molar-refractivity contribution is -0.164. The SMILES string of the molecule is CC(C)(C)OC(=O)CC1(ON)CCCCCC1. The van der Waals surface area contributed by atoms with Crippen LogP contribution in [0.2, 0.25) is 0 Å². The van der Waals surface area contributed by atoms with Crippen molar-refractivity contribution in [2.75, 3.05) is 0 Å². The zero-order chi connectivity index (χ0) is 12.9. The third kappa shape index (κ3) is 5.04. The molecule has 1 rings (SSSR count). The summed E-state index contributed by atoms with van der Waals surface area (Å²) in [6, 6.07) is 0. The van der Waals surface area contributed by atoms with Gasteiger partial charge in [-0.1, -0.05) is 25.7 Å². The molecule has 0 bridgehead atoms. The molecule has 1 fully saturated rings. The quantitative estimate of drug-likeness (QED) is 0.470. The Kier molecular flexibility index (Phi) is 4.95. The molecule has 0 heterocycles. The third-order valence-corrected chi connectivity index (χ3v) is 3.15. The lowest BCUT2D eigenvalue weighted by Crippen LogP contribution is -2.39. The van der Waals surface area contributed by atoms with Gasteiger partial charge < -0.3 is 4.74 Å². The van der Waals surface area contributed by atoms with E-state index in [0.717, 1.165) is 25.7 Å². The molecular formula is C13H25NO3. The van der Waals surface area contributed by atoms with Gasteiger partial charge in [0.1, 0.15) is 5.60 Å². The van der Waals surface area contributed by atoms with Crippen molar-refractivity contribution in [3.63, 3.8) is 0 Å². The Morgan fingerprint density at radius 1 is 1.18 bits per heavy atom. The number of ether oxygens (including phenoxy) is 1. The fraction of sp³-hybridized carbons (Fsp3) is 0.923. The van der Waals surface area contributed by atoms with Gasteiger partial charge >= 0.3 is 5.97 Å². The zero-order valence-electron chi connectivity index (χ0n) is 11.3. The fourth-order valence-corrected chi connectivity index (χ4v) is 2.35. The molecule has 0 saturated heterocycles. The number of hydrogen-bond acceptors (Lipinski definition) is 4. The standard InChI is InChI=1S/C13H25NO3/c1-12(2,3)16-11(15)10-13(17-14)8-6-4-5-7-9-13/h4-10,14H2,1-3H3. The van der Waals surface area contributed by atoms with Crippen molar-refractivity contribution in [1.29, 1.82) is 0 Å². The maximum absolute atomic E-state index is 11.8. The first-order valence-corrected chi connectivity index (χ1v) is 6.47. The molecule has 1 saturated carbocycles. The topological polar surface area (TPSA) is 61.5 Å². The van der Waals surface area contributed by atoms with Crippen LogP contribution in [0.5, 0.6) is 0 Å². The summed E-state index contributed by atoms with van der Waals surface area (Å²) in [7, 11) is 0. The number of esters is 1. The van der Waals surface area contributed by atoms with E-state index < -0.39 is 11.2 Å². The molecule has 0 spiro atoms. The van der Waals surface area contributed by atoms with Crippen LogP contribution in [0, 0.1) is 0 Å². The first kappa shape index (κ1) is 14.5. The predicted molar refractivity (Wildman–Crippen MR) is 66.2 cm³/mol. The van der Waals surface area contributed by atoms with E-state index in [1.165, 1.54) is 12.8 Å². The average molecular weight is 243 g/mol. The first-order chi connectivity index (χ1) is 7.87. The molecule has 0 aromatic rings. The Hall–Kier alpha value is -0.610. The Balaban J connectivity index is 2.58. The number of rotatable bonds is 3. The molecule has 2 N–H and O–H groups in total. The lowest BCUT2D eigenvalue weighted by atomic mass is 9.91. The molecule has 4 heteroatoms. The van der Waals surface area contributed by atoms with Gasteiger partial charge in [0.2, 0.25) is 0 Å². The average Bonchev–Trinajstić information content (AvgIpc) is 2.41. The van der Waals surface area contributed by atoms with E-state index in [4.69, 9.17) is 15.5 Å². The number of carbonyl (C=O) groups is 1. The van der Waals surface area contributed by atoms with Crippen molar-refractivity contribution < 1.29 is 14.4 Å². The predicted octanol–water partition coefficient (Wildman–Crippen LogP) is 2.70. The second kappa shape index (κ2) is 5.83. The Labute approximate surface area is 104 Å². The zero-order valence-corrected chi connectivity index (χ0v) is 11.3. The minimum absolute atomic E-state index is 0.218. The van der Waals surface area contributed by atoms with Gasteiger partial charge in [-0.05, 0) is 33.6 Å². The highest BCUT2D eigenvalue weighted by molar-refractivity contribution is 5.71. The number of nitrogens with two attached hydrogens (primary N) is 1. The minimum Gasteiger partial charge on any atom is -0.460 e. The molecule has 100 valence electrons. The molecule has 0 amide bonds. The third-order valence-electron chi connectivity index (χ3n) is 3.15. The first-order valence-electron chi connectivity index (χ1n) is 6.47. The molecule has 0 radical (unpaired) electrons. The van der Waals surface area contributed by atoms with Crippen LogP contribution >= 0.6 is 0 Å². The van der Waals surface area contributed by atoms with Gasteiger partial charge in [-0.2, -0.15) is 0 Å². The number of hydrogen-bond donors (Lipinski definition) is 1. The highest BCUT2D eigenvalue weighted by atomic mass is 16.6. The fourth-order valence-electron chi connectivity index (χ4n) is 2.35. The van der Waals surface area contributed by atoms with Gasteiger partial charge in [0.25, 0.3) is 0 Å². The molecule has 0 aliphatic heterocycles. The normalized spacial score (nSPS) is 20.7. The van der Waals surface area contributed by atoms with E-state index in [-0.39, 0.29) is 12.4 Å². The van der Waals surface area contributed by atoms with Crippen molar-refractivity contribution in [2.45, 2.75) is 76.9 Å². The highest BCUT2D eigenvalue weighted by Crippen LogP contribution is 2.33. The van der Waals surface area contributed by atoms with Crippen molar-refractivity contribution in [1.82, 2.24) is 0 Å². The van der Waals surface area contributed by atoms with Crippen LogP contribution in [0.1, 0.15) is 65.7 Å². The molecule has 0 atom stereocenters. The summed E-state index contributed by atoms with van der Waals surface area (Å²) in [6.45, 7) is 5.61. The van der Waals surface area contributed by atoms with E-state index >= 15 is 0 Å². The Morgan fingerprint density at radius 2 is 1.71 bits per heavy atom.